The highest BCUT2D eigenvalue weighted by molar-refractivity contribution is 6.42. The van der Waals surface area contributed by atoms with E-state index in [0.29, 0.717) is 17.8 Å². The van der Waals surface area contributed by atoms with Gasteiger partial charge in [-0.2, -0.15) is 0 Å². The smallest absolute Gasteiger partial charge is 0.237 e. The monoisotopic (exact) mass is 505 g/mol. The molecule has 1 aliphatic rings. The minimum Gasteiger partial charge on any atom is -0.344 e. The maximum atomic E-state index is 13.9. The average molecular weight is 506 g/mol. The number of halogens is 1. The number of Topliss-reactive ketones (excluding diaryl/α,β-unsaturated/α-hetero) is 1. The van der Waals surface area contributed by atoms with Gasteiger partial charge in [-0.1, -0.05) is 26.2 Å². The molecule has 2 heterocycles. The average Bonchev–Trinajstić information content (AvgIpc) is 3.34. The second-order valence-corrected chi connectivity index (χ2v) is 9.97. The molecule has 3 N–H and O–H groups in total. The van der Waals surface area contributed by atoms with Crippen LogP contribution >= 0.6 is 0 Å². The van der Waals surface area contributed by atoms with Crippen molar-refractivity contribution >= 4 is 28.3 Å². The van der Waals surface area contributed by atoms with Gasteiger partial charge in [-0.3, -0.25) is 9.59 Å². The summed E-state index contributed by atoms with van der Waals surface area (Å²) in [6, 6.07) is 9.06. The third-order valence-corrected chi connectivity index (χ3v) is 7.62. The Hall–Kier alpha value is -3.39. The molecule has 2 aromatic heterocycles. The Kier molecular flexibility index (Phi) is 8.48. The first kappa shape index (κ1) is 26.7. The fourth-order valence-corrected chi connectivity index (χ4v) is 5.30. The predicted octanol–water partition coefficient (Wildman–Crippen LogP) is 4.92. The molecule has 0 radical (unpaired) electrons. The van der Waals surface area contributed by atoms with Crippen LogP contribution in [-0.4, -0.2) is 46.1 Å². The number of nitrogens with zero attached hydrogens (tertiary/aromatic N) is 2. The molecule has 1 aromatic carbocycles. The van der Waals surface area contributed by atoms with Gasteiger partial charge in [0, 0.05) is 23.7 Å². The van der Waals surface area contributed by atoms with Crippen molar-refractivity contribution in [3.05, 3.63) is 60.2 Å². The van der Waals surface area contributed by atoms with Gasteiger partial charge < -0.3 is 20.6 Å². The van der Waals surface area contributed by atoms with Crippen LogP contribution in [0.4, 0.5) is 4.39 Å². The van der Waals surface area contributed by atoms with Crippen LogP contribution in [0, 0.1) is 17.1 Å². The SMILES string of the molecule is CCC(C(=N)C(=O)C(NC(=O)C(C)NC)C1CCCCC1)c1ccnc(-n2ccc3ccc(F)cc32)c1. The van der Waals surface area contributed by atoms with Crippen LogP contribution in [0.1, 0.15) is 63.9 Å². The summed E-state index contributed by atoms with van der Waals surface area (Å²) in [5.41, 5.74) is 1.49. The molecule has 0 saturated heterocycles. The van der Waals surface area contributed by atoms with E-state index in [9.17, 15) is 14.0 Å². The van der Waals surface area contributed by atoms with Gasteiger partial charge in [0.15, 0.2) is 5.78 Å². The van der Waals surface area contributed by atoms with Crippen LogP contribution in [0.15, 0.2) is 48.8 Å². The van der Waals surface area contributed by atoms with Crippen molar-refractivity contribution in [3.63, 3.8) is 0 Å². The molecular weight excluding hydrogens is 469 g/mol. The molecule has 0 aliphatic heterocycles. The number of ketones is 1. The molecule has 8 heteroatoms. The fourth-order valence-electron chi connectivity index (χ4n) is 5.30. The van der Waals surface area contributed by atoms with Crippen molar-refractivity contribution in [2.75, 3.05) is 7.05 Å². The summed E-state index contributed by atoms with van der Waals surface area (Å²) in [5, 5.41) is 15.7. The van der Waals surface area contributed by atoms with Gasteiger partial charge in [0.25, 0.3) is 0 Å². The zero-order valence-electron chi connectivity index (χ0n) is 21.8. The number of likely N-dealkylation sites (N-methyl/N-ethyl adjacent to an activating group) is 1. The molecule has 4 rings (SSSR count). The molecule has 1 aliphatic carbocycles. The molecule has 1 amide bonds. The van der Waals surface area contributed by atoms with Crippen LogP contribution in [0.3, 0.4) is 0 Å². The maximum absolute atomic E-state index is 13.9. The zero-order valence-corrected chi connectivity index (χ0v) is 21.8. The molecule has 3 aromatic rings. The lowest BCUT2D eigenvalue weighted by molar-refractivity contribution is -0.127. The Morgan fingerprint density at radius 3 is 2.62 bits per heavy atom. The highest BCUT2D eigenvalue weighted by Crippen LogP contribution is 2.30. The third kappa shape index (κ3) is 5.80. The van der Waals surface area contributed by atoms with E-state index in [4.69, 9.17) is 5.41 Å². The minimum absolute atomic E-state index is 0.00366. The third-order valence-electron chi connectivity index (χ3n) is 7.62. The van der Waals surface area contributed by atoms with E-state index in [1.807, 2.05) is 35.9 Å². The molecule has 0 bridgehead atoms. The predicted molar refractivity (Wildman–Crippen MR) is 144 cm³/mol. The molecule has 3 atom stereocenters. The van der Waals surface area contributed by atoms with Gasteiger partial charge in [-0.15, -0.1) is 0 Å². The van der Waals surface area contributed by atoms with E-state index >= 15 is 0 Å². The van der Waals surface area contributed by atoms with Gasteiger partial charge in [-0.05, 0) is 81.1 Å². The highest BCUT2D eigenvalue weighted by atomic mass is 19.1. The lowest BCUT2D eigenvalue weighted by Gasteiger charge is -2.32. The molecular formula is C29H36FN5O2. The molecule has 1 saturated carbocycles. The van der Waals surface area contributed by atoms with Crippen LogP contribution in [0.2, 0.25) is 0 Å². The fraction of sp³-hybridized carbons (Fsp3) is 0.448. The number of rotatable bonds is 10. The van der Waals surface area contributed by atoms with Crippen molar-refractivity contribution < 1.29 is 14.0 Å². The van der Waals surface area contributed by atoms with Gasteiger partial charge in [-0.25, -0.2) is 9.37 Å². The summed E-state index contributed by atoms with van der Waals surface area (Å²) in [6.45, 7) is 3.71. The van der Waals surface area contributed by atoms with Gasteiger partial charge in [0.2, 0.25) is 5.91 Å². The molecule has 196 valence electrons. The van der Waals surface area contributed by atoms with Crippen molar-refractivity contribution in [1.29, 1.82) is 5.41 Å². The van der Waals surface area contributed by atoms with E-state index in [2.05, 4.69) is 15.6 Å². The Labute approximate surface area is 217 Å². The molecule has 3 unspecified atom stereocenters. The number of fused-ring (bicyclic) bond motifs is 1. The lowest BCUT2D eigenvalue weighted by Crippen LogP contribution is -2.53. The summed E-state index contributed by atoms with van der Waals surface area (Å²) >= 11 is 0. The summed E-state index contributed by atoms with van der Waals surface area (Å²) in [5.74, 6) is -0.700. The number of hydrogen-bond acceptors (Lipinski definition) is 5. The summed E-state index contributed by atoms with van der Waals surface area (Å²) in [7, 11) is 1.71. The van der Waals surface area contributed by atoms with Crippen molar-refractivity contribution in [1.82, 2.24) is 20.2 Å². The number of carbonyl (C=O) groups is 2. The lowest BCUT2D eigenvalue weighted by atomic mass is 9.78. The van der Waals surface area contributed by atoms with E-state index in [1.54, 1.807) is 26.2 Å². The molecule has 0 spiro atoms. The second kappa shape index (κ2) is 11.8. The number of aromatic nitrogens is 2. The Morgan fingerprint density at radius 1 is 1.16 bits per heavy atom. The maximum Gasteiger partial charge on any atom is 0.237 e. The van der Waals surface area contributed by atoms with Gasteiger partial charge in [0.05, 0.1) is 23.3 Å². The minimum atomic E-state index is -0.706. The number of carbonyl (C=O) groups excluding carboxylic acids is 2. The van der Waals surface area contributed by atoms with E-state index < -0.39 is 18.0 Å². The summed E-state index contributed by atoms with van der Waals surface area (Å²) in [6.07, 6.45) is 8.96. The Balaban J connectivity index is 1.62. The Morgan fingerprint density at radius 2 is 1.92 bits per heavy atom. The first-order chi connectivity index (χ1) is 17.8. The largest absolute Gasteiger partial charge is 0.344 e. The van der Waals surface area contributed by atoms with E-state index in [-0.39, 0.29) is 29.1 Å². The van der Waals surface area contributed by atoms with Gasteiger partial charge >= 0.3 is 0 Å². The number of benzene rings is 1. The molecule has 37 heavy (non-hydrogen) atoms. The van der Waals surface area contributed by atoms with E-state index in [0.717, 1.165) is 43.1 Å². The Bertz CT molecular complexity index is 1280. The van der Waals surface area contributed by atoms with Crippen LogP contribution < -0.4 is 10.6 Å². The quantitative estimate of drug-likeness (QED) is 0.341. The highest BCUT2D eigenvalue weighted by Gasteiger charge is 2.36. The van der Waals surface area contributed by atoms with Crippen LogP contribution in [0.5, 0.6) is 0 Å². The van der Waals surface area contributed by atoms with Crippen molar-refractivity contribution in [2.45, 2.75) is 70.4 Å². The number of hydrogen-bond donors (Lipinski definition) is 3. The number of amides is 1. The standard InChI is InChI=1S/C29H36FN5O2/c1-4-23(21-12-14-33-25(16-21)35-15-13-19-10-11-22(30)17-24(19)35)26(31)28(36)27(20-8-6-5-7-9-20)34-29(37)18(2)32-3/h10-18,20,23,27,31-32H,4-9H2,1-3H3,(H,34,37). The van der Waals surface area contributed by atoms with Crippen molar-refractivity contribution in [2.24, 2.45) is 5.92 Å². The topological polar surface area (TPSA) is 99.9 Å². The molecule has 7 nitrogen and oxygen atoms in total. The zero-order chi connectivity index (χ0) is 26.5. The van der Waals surface area contributed by atoms with Gasteiger partial charge in [0.1, 0.15) is 11.6 Å². The van der Waals surface area contributed by atoms with E-state index in [1.165, 1.54) is 12.1 Å². The van der Waals surface area contributed by atoms with Crippen molar-refractivity contribution in [3.8, 4) is 5.82 Å². The summed E-state index contributed by atoms with van der Waals surface area (Å²) in [4.78, 5) is 31.0. The molecule has 1 fully saturated rings. The first-order valence-corrected chi connectivity index (χ1v) is 13.2. The number of nitrogens with one attached hydrogen (secondary N) is 3. The van der Waals surface area contributed by atoms with Crippen LogP contribution in [-0.2, 0) is 9.59 Å². The second-order valence-electron chi connectivity index (χ2n) is 9.97. The number of pyridine rings is 1. The normalized spacial score (nSPS) is 16.8. The summed E-state index contributed by atoms with van der Waals surface area (Å²) < 4.78 is 15.7. The first-order valence-electron chi connectivity index (χ1n) is 13.2. The van der Waals surface area contributed by atoms with Crippen LogP contribution in [0.25, 0.3) is 16.7 Å².